The van der Waals surface area contributed by atoms with Crippen molar-refractivity contribution in [1.82, 2.24) is 15.4 Å². The Labute approximate surface area is 164 Å². The van der Waals surface area contributed by atoms with Gasteiger partial charge in [0.15, 0.2) is 5.82 Å². The molecular formula is C17H27ClN4O3S. The van der Waals surface area contributed by atoms with Gasteiger partial charge in [-0.25, -0.2) is 0 Å². The van der Waals surface area contributed by atoms with Gasteiger partial charge in [0.2, 0.25) is 11.8 Å². The normalized spacial score (nSPS) is 25.3. The van der Waals surface area contributed by atoms with Crippen LogP contribution < -0.4 is 10.6 Å². The number of anilines is 1. The van der Waals surface area contributed by atoms with E-state index in [1.807, 2.05) is 11.9 Å². The molecule has 26 heavy (non-hydrogen) atoms. The van der Waals surface area contributed by atoms with Crippen LogP contribution in [0.3, 0.4) is 0 Å². The maximum Gasteiger partial charge on any atom is 0.238 e. The quantitative estimate of drug-likeness (QED) is 0.758. The predicted octanol–water partition coefficient (Wildman–Crippen LogP) is 2.21. The SMILES string of the molecule is Cc1cc(NC(=O)C(C)SCC(=O)N(C)C2CC3CCC(C2)N3)no1.Cl. The van der Waals surface area contributed by atoms with Crippen molar-refractivity contribution in [3.63, 3.8) is 0 Å². The molecule has 2 fully saturated rings. The first-order valence-corrected chi connectivity index (χ1v) is 9.84. The fraction of sp³-hybridized carbons (Fsp3) is 0.706. The standard InChI is InChI=1S/C17H26N4O3S.ClH/c1-10-6-15(20-24-10)19-17(23)11(2)25-9-16(22)21(3)14-7-12-4-5-13(8-14)18-12;/h6,11-14,18H,4-5,7-9H2,1-3H3,(H,19,20,23);1H. The van der Waals surface area contributed by atoms with Crippen molar-refractivity contribution in [2.45, 2.75) is 62.9 Å². The summed E-state index contributed by atoms with van der Waals surface area (Å²) in [6.07, 6.45) is 4.50. The number of carbonyl (C=O) groups excluding carboxylic acids is 2. The number of halogens is 1. The van der Waals surface area contributed by atoms with Crippen molar-refractivity contribution in [3.05, 3.63) is 11.8 Å². The van der Waals surface area contributed by atoms with Gasteiger partial charge in [-0.15, -0.1) is 24.2 Å². The van der Waals surface area contributed by atoms with Gasteiger partial charge in [-0.3, -0.25) is 9.59 Å². The Morgan fingerprint density at radius 3 is 2.65 bits per heavy atom. The Morgan fingerprint density at radius 2 is 2.08 bits per heavy atom. The molecule has 0 aromatic carbocycles. The van der Waals surface area contributed by atoms with E-state index in [0.717, 1.165) is 12.8 Å². The highest BCUT2D eigenvalue weighted by Gasteiger charge is 2.36. The average molecular weight is 403 g/mol. The van der Waals surface area contributed by atoms with Crippen LogP contribution in [0.5, 0.6) is 0 Å². The first-order chi connectivity index (χ1) is 11.9. The smallest absolute Gasteiger partial charge is 0.238 e. The van der Waals surface area contributed by atoms with E-state index in [0.29, 0.717) is 35.5 Å². The van der Waals surface area contributed by atoms with Crippen LogP contribution in [0, 0.1) is 6.92 Å². The second-order valence-electron chi connectivity index (χ2n) is 7.03. The van der Waals surface area contributed by atoms with Gasteiger partial charge in [-0.2, -0.15) is 0 Å². The second kappa shape index (κ2) is 9.10. The van der Waals surface area contributed by atoms with E-state index < -0.39 is 0 Å². The number of carbonyl (C=O) groups is 2. The Morgan fingerprint density at radius 1 is 1.42 bits per heavy atom. The van der Waals surface area contributed by atoms with Crippen LogP contribution in [0.15, 0.2) is 10.6 Å². The topological polar surface area (TPSA) is 87.5 Å². The Kier molecular flexibility index (Phi) is 7.37. The number of fused-ring (bicyclic) bond motifs is 2. The van der Waals surface area contributed by atoms with Crippen molar-refractivity contribution < 1.29 is 14.1 Å². The number of thioether (sulfide) groups is 1. The Balaban J connectivity index is 0.00000243. The molecular weight excluding hydrogens is 376 g/mol. The third-order valence-corrected chi connectivity index (χ3v) is 6.22. The van der Waals surface area contributed by atoms with Gasteiger partial charge in [0, 0.05) is 31.2 Å². The summed E-state index contributed by atoms with van der Waals surface area (Å²) in [6.45, 7) is 3.56. The molecule has 9 heteroatoms. The molecule has 2 amide bonds. The second-order valence-corrected chi connectivity index (χ2v) is 8.36. The zero-order chi connectivity index (χ0) is 18.0. The molecule has 2 N–H and O–H groups in total. The molecule has 3 unspecified atom stereocenters. The van der Waals surface area contributed by atoms with Gasteiger partial charge in [0.25, 0.3) is 0 Å². The van der Waals surface area contributed by atoms with Crippen molar-refractivity contribution >= 4 is 41.8 Å². The lowest BCUT2D eigenvalue weighted by Gasteiger charge is -2.35. The summed E-state index contributed by atoms with van der Waals surface area (Å²) in [4.78, 5) is 26.5. The number of piperidine rings is 1. The third-order valence-electron chi connectivity index (χ3n) is 5.09. The molecule has 2 saturated heterocycles. The molecule has 1 aromatic rings. The van der Waals surface area contributed by atoms with E-state index in [9.17, 15) is 9.59 Å². The summed E-state index contributed by atoms with van der Waals surface area (Å²) in [5.41, 5.74) is 0. The number of aryl methyl sites for hydroxylation is 1. The van der Waals surface area contributed by atoms with E-state index >= 15 is 0 Å². The molecule has 3 rings (SSSR count). The highest BCUT2D eigenvalue weighted by Crippen LogP contribution is 2.29. The van der Waals surface area contributed by atoms with Crippen LogP contribution in [-0.4, -0.2) is 58.0 Å². The largest absolute Gasteiger partial charge is 0.360 e. The predicted molar refractivity (Wildman–Crippen MR) is 105 cm³/mol. The molecule has 0 spiro atoms. The van der Waals surface area contributed by atoms with Crippen LogP contribution in [0.25, 0.3) is 0 Å². The first kappa shape index (κ1) is 21.1. The zero-order valence-electron chi connectivity index (χ0n) is 15.4. The third kappa shape index (κ3) is 5.14. The number of amides is 2. The summed E-state index contributed by atoms with van der Waals surface area (Å²) in [6, 6.07) is 3.10. The van der Waals surface area contributed by atoms with Crippen molar-refractivity contribution in [1.29, 1.82) is 0 Å². The molecule has 146 valence electrons. The molecule has 0 aliphatic carbocycles. The minimum absolute atomic E-state index is 0. The van der Waals surface area contributed by atoms with Crippen molar-refractivity contribution in [3.8, 4) is 0 Å². The lowest BCUT2D eigenvalue weighted by Crippen LogP contribution is -2.49. The first-order valence-electron chi connectivity index (χ1n) is 8.80. The number of rotatable bonds is 6. The van der Waals surface area contributed by atoms with Crippen molar-refractivity contribution in [2.24, 2.45) is 0 Å². The summed E-state index contributed by atoms with van der Waals surface area (Å²) in [5, 5.41) is 9.71. The fourth-order valence-corrected chi connectivity index (χ4v) is 4.38. The number of nitrogens with zero attached hydrogens (tertiary/aromatic N) is 2. The van der Waals surface area contributed by atoms with Crippen LogP contribution in [-0.2, 0) is 9.59 Å². The minimum atomic E-state index is -0.335. The highest BCUT2D eigenvalue weighted by molar-refractivity contribution is 8.01. The lowest BCUT2D eigenvalue weighted by atomic mass is 9.98. The zero-order valence-corrected chi connectivity index (χ0v) is 17.0. The van der Waals surface area contributed by atoms with E-state index in [1.165, 1.54) is 24.6 Å². The van der Waals surface area contributed by atoms with E-state index in [2.05, 4.69) is 15.8 Å². The van der Waals surface area contributed by atoms with Crippen LogP contribution in [0.4, 0.5) is 5.82 Å². The molecule has 2 aliphatic heterocycles. The fourth-order valence-electron chi connectivity index (χ4n) is 3.57. The number of hydrogen-bond donors (Lipinski definition) is 2. The lowest BCUT2D eigenvalue weighted by molar-refractivity contribution is -0.129. The van der Waals surface area contributed by atoms with Crippen molar-refractivity contribution in [2.75, 3.05) is 18.1 Å². The highest BCUT2D eigenvalue weighted by atomic mass is 35.5. The Bertz CT molecular complexity index is 629. The average Bonchev–Trinajstić information content (AvgIpc) is 3.15. The van der Waals surface area contributed by atoms with Crippen LogP contribution >= 0.6 is 24.2 Å². The van der Waals surface area contributed by atoms with Gasteiger partial charge >= 0.3 is 0 Å². The molecule has 2 aliphatic rings. The summed E-state index contributed by atoms with van der Waals surface area (Å²) in [7, 11) is 1.89. The van der Waals surface area contributed by atoms with Crippen LogP contribution in [0.1, 0.15) is 38.4 Å². The monoisotopic (exact) mass is 402 g/mol. The number of nitrogens with one attached hydrogen (secondary N) is 2. The summed E-state index contributed by atoms with van der Waals surface area (Å²) < 4.78 is 4.93. The number of hydrogen-bond acceptors (Lipinski definition) is 6. The molecule has 2 bridgehead atoms. The minimum Gasteiger partial charge on any atom is -0.360 e. The van der Waals surface area contributed by atoms with Gasteiger partial charge in [0.05, 0.1) is 11.0 Å². The molecule has 3 atom stereocenters. The van der Waals surface area contributed by atoms with Gasteiger partial charge in [0.1, 0.15) is 5.76 Å². The van der Waals surface area contributed by atoms with Crippen LogP contribution in [0.2, 0.25) is 0 Å². The molecule has 3 heterocycles. The Hall–Kier alpha value is -1.25. The maximum absolute atomic E-state index is 12.5. The van der Waals surface area contributed by atoms with Gasteiger partial charge < -0.3 is 20.1 Å². The summed E-state index contributed by atoms with van der Waals surface area (Å²) in [5.74, 6) is 1.27. The molecule has 0 radical (unpaired) electrons. The molecule has 0 saturated carbocycles. The van der Waals surface area contributed by atoms with E-state index in [-0.39, 0.29) is 29.5 Å². The van der Waals surface area contributed by atoms with Gasteiger partial charge in [-0.05, 0) is 39.5 Å². The van der Waals surface area contributed by atoms with Gasteiger partial charge in [-0.1, -0.05) is 5.16 Å². The van der Waals surface area contributed by atoms with E-state index in [1.54, 1.807) is 19.9 Å². The molecule has 7 nitrogen and oxygen atoms in total. The number of aromatic nitrogens is 1. The molecule has 1 aromatic heterocycles. The summed E-state index contributed by atoms with van der Waals surface area (Å²) >= 11 is 1.35. The van der Waals surface area contributed by atoms with E-state index in [4.69, 9.17) is 4.52 Å². The maximum atomic E-state index is 12.5.